The lowest BCUT2D eigenvalue weighted by atomic mass is 10.1. The van der Waals surface area contributed by atoms with Gasteiger partial charge in [-0.1, -0.05) is 50.0 Å². The first-order valence-corrected chi connectivity index (χ1v) is 15.6. The average molecular weight is 473 g/mol. The molecule has 0 aliphatic carbocycles. The maximum Gasteiger partial charge on any atom is 0.408 e. The maximum absolute atomic E-state index is 12.8. The van der Waals surface area contributed by atoms with Crippen molar-refractivity contribution >= 4 is 30.1 Å². The molecule has 1 aromatic carbocycles. The predicted molar refractivity (Wildman–Crippen MR) is 124 cm³/mol. The molecule has 1 rings (SSSR count). The minimum absolute atomic E-state index is 0.146. The van der Waals surface area contributed by atoms with Crippen LogP contribution in [0.25, 0.3) is 0 Å². The highest BCUT2D eigenvalue weighted by Crippen LogP contribution is 2.12. The molecule has 0 saturated carbocycles. The molecule has 176 valence electrons. The van der Waals surface area contributed by atoms with Crippen LogP contribution in [-0.4, -0.2) is 52.0 Å². The molecule has 8 nitrogen and oxygen atoms in total. The van der Waals surface area contributed by atoms with Crippen molar-refractivity contribution in [3.8, 4) is 0 Å². The van der Waals surface area contributed by atoms with E-state index in [1.807, 2.05) is 30.3 Å². The van der Waals surface area contributed by atoms with Gasteiger partial charge in [0.15, 0.2) is 0 Å². The van der Waals surface area contributed by atoms with Crippen molar-refractivity contribution in [3.05, 3.63) is 35.9 Å². The number of amides is 2. The number of sulfonamides is 1. The van der Waals surface area contributed by atoms with Gasteiger partial charge < -0.3 is 14.8 Å². The van der Waals surface area contributed by atoms with Crippen LogP contribution in [0.1, 0.15) is 33.3 Å². The second kappa shape index (κ2) is 11.1. The van der Waals surface area contributed by atoms with Crippen molar-refractivity contribution in [1.82, 2.24) is 10.0 Å². The van der Waals surface area contributed by atoms with Gasteiger partial charge in [-0.05, 0) is 39.3 Å². The van der Waals surface area contributed by atoms with E-state index < -0.39 is 47.8 Å². The molecular weight excluding hydrogens is 436 g/mol. The smallest absolute Gasteiger partial charge is 0.408 e. The molecular formula is C21H36N2O6SSi. The Morgan fingerprint density at radius 2 is 1.68 bits per heavy atom. The molecule has 0 fully saturated rings. The van der Waals surface area contributed by atoms with Crippen LogP contribution >= 0.6 is 0 Å². The minimum atomic E-state index is -3.84. The number of carbonyl (C=O) groups excluding carboxylic acids is 2. The zero-order valence-corrected chi connectivity index (χ0v) is 21.3. The molecule has 0 aliphatic rings. The molecule has 2 atom stereocenters. The number of nitrogens with one attached hydrogen (secondary N) is 2. The number of benzene rings is 1. The average Bonchev–Trinajstić information content (AvgIpc) is 2.61. The van der Waals surface area contributed by atoms with E-state index in [1.54, 1.807) is 27.7 Å². The molecule has 0 aliphatic heterocycles. The molecule has 0 radical (unpaired) electrons. The van der Waals surface area contributed by atoms with E-state index in [9.17, 15) is 18.0 Å². The van der Waals surface area contributed by atoms with Crippen LogP contribution < -0.4 is 10.0 Å². The molecule has 0 aromatic heterocycles. The Labute approximate surface area is 187 Å². The molecule has 31 heavy (non-hydrogen) atoms. The summed E-state index contributed by atoms with van der Waals surface area (Å²) in [6.45, 7) is 13.0. The summed E-state index contributed by atoms with van der Waals surface area (Å²) in [4.78, 5) is 25.1. The number of hydrogen-bond acceptors (Lipinski definition) is 6. The second-order valence-electron chi connectivity index (χ2n) is 9.72. The standard InChI is InChI=1S/C21H36N2O6SSi/c1-16(28-15-17-11-9-8-10-12-17)18(22-20(25)29-21(2,3)4)19(24)23-30(26,27)13-14-31(5,6)7/h8-12,16,18H,13-15H2,1-7H3,(H,22,25)(H,23,24)/t16-,18+/m1/s1. The third kappa shape index (κ3) is 11.9. The number of rotatable bonds is 10. The largest absolute Gasteiger partial charge is 0.444 e. The van der Waals surface area contributed by atoms with E-state index in [2.05, 4.69) is 29.7 Å². The first kappa shape index (κ1) is 27.1. The number of hydrogen-bond donors (Lipinski definition) is 2. The van der Waals surface area contributed by atoms with Gasteiger partial charge in [0.2, 0.25) is 10.0 Å². The Kier molecular flexibility index (Phi) is 9.71. The Balaban J connectivity index is 2.91. The molecule has 1 aromatic rings. The fourth-order valence-corrected chi connectivity index (χ4v) is 6.50. The Morgan fingerprint density at radius 1 is 1.10 bits per heavy atom. The lowest BCUT2D eigenvalue weighted by Gasteiger charge is -2.27. The molecule has 0 heterocycles. The summed E-state index contributed by atoms with van der Waals surface area (Å²) in [6, 6.07) is 8.58. The summed E-state index contributed by atoms with van der Waals surface area (Å²) >= 11 is 0. The van der Waals surface area contributed by atoms with Crippen molar-refractivity contribution in [2.75, 3.05) is 5.75 Å². The van der Waals surface area contributed by atoms with Crippen molar-refractivity contribution in [2.24, 2.45) is 0 Å². The van der Waals surface area contributed by atoms with Crippen LogP contribution in [0.15, 0.2) is 30.3 Å². The van der Waals surface area contributed by atoms with E-state index in [0.29, 0.717) is 6.04 Å². The highest BCUT2D eigenvalue weighted by molar-refractivity contribution is 7.90. The van der Waals surface area contributed by atoms with Crippen LogP contribution in [0, 0.1) is 0 Å². The van der Waals surface area contributed by atoms with Crippen molar-refractivity contribution in [2.45, 2.75) is 77.7 Å². The Morgan fingerprint density at radius 3 is 2.19 bits per heavy atom. The summed E-state index contributed by atoms with van der Waals surface area (Å²) < 4.78 is 37.9. The van der Waals surface area contributed by atoms with Crippen molar-refractivity contribution in [3.63, 3.8) is 0 Å². The Bertz CT molecular complexity index is 832. The van der Waals surface area contributed by atoms with Gasteiger partial charge in [0.1, 0.15) is 11.6 Å². The zero-order valence-electron chi connectivity index (χ0n) is 19.5. The molecule has 0 bridgehead atoms. The number of alkyl carbamates (subject to hydrolysis) is 1. The van der Waals surface area contributed by atoms with Crippen LogP contribution in [0.5, 0.6) is 0 Å². The van der Waals surface area contributed by atoms with E-state index >= 15 is 0 Å². The third-order valence-electron chi connectivity index (χ3n) is 4.16. The SMILES string of the molecule is C[C@@H](OCc1ccccc1)[C@H](NC(=O)OC(C)(C)C)C(=O)NS(=O)(=O)CC[Si](C)(C)C. The Hall–Kier alpha value is -1.91. The van der Waals surface area contributed by atoms with E-state index in [-0.39, 0.29) is 12.4 Å². The summed E-state index contributed by atoms with van der Waals surface area (Å²) in [5.41, 5.74) is 0.108. The van der Waals surface area contributed by atoms with E-state index in [4.69, 9.17) is 9.47 Å². The normalized spacial score (nSPS) is 14.4. The van der Waals surface area contributed by atoms with E-state index in [1.165, 1.54) is 0 Å². The summed E-state index contributed by atoms with van der Waals surface area (Å²) in [7, 11) is -5.46. The lowest BCUT2D eigenvalue weighted by Crippen LogP contribution is -2.55. The third-order valence-corrected chi connectivity index (χ3v) is 7.52. The molecule has 10 heteroatoms. The van der Waals surface area contributed by atoms with Crippen LogP contribution in [0.4, 0.5) is 4.79 Å². The van der Waals surface area contributed by atoms with Crippen molar-refractivity contribution in [1.29, 1.82) is 0 Å². The zero-order chi connectivity index (χ0) is 23.9. The van der Waals surface area contributed by atoms with Gasteiger partial charge in [0.05, 0.1) is 18.5 Å². The first-order chi connectivity index (χ1) is 14.1. The summed E-state index contributed by atoms with van der Waals surface area (Å²) in [6.07, 6.45) is -1.64. The van der Waals surface area contributed by atoms with Crippen molar-refractivity contribution < 1.29 is 27.5 Å². The fraction of sp³-hybridized carbons (Fsp3) is 0.619. The van der Waals surface area contributed by atoms with Gasteiger partial charge in [-0.15, -0.1) is 0 Å². The van der Waals surface area contributed by atoms with Gasteiger partial charge in [-0.3, -0.25) is 9.52 Å². The highest BCUT2D eigenvalue weighted by atomic mass is 32.2. The summed E-state index contributed by atoms with van der Waals surface area (Å²) in [5.74, 6) is -1.01. The quantitative estimate of drug-likeness (QED) is 0.506. The minimum Gasteiger partial charge on any atom is -0.444 e. The van der Waals surface area contributed by atoms with Gasteiger partial charge in [0.25, 0.3) is 5.91 Å². The maximum atomic E-state index is 12.8. The van der Waals surface area contributed by atoms with Gasteiger partial charge in [-0.2, -0.15) is 0 Å². The van der Waals surface area contributed by atoms with Gasteiger partial charge in [-0.25, -0.2) is 13.2 Å². The topological polar surface area (TPSA) is 111 Å². The number of ether oxygens (including phenoxy) is 2. The summed E-state index contributed by atoms with van der Waals surface area (Å²) in [5, 5.41) is 2.45. The molecule has 2 N–H and O–H groups in total. The second-order valence-corrected chi connectivity index (χ2v) is 17.2. The van der Waals surface area contributed by atoms with E-state index in [0.717, 1.165) is 5.56 Å². The van der Waals surface area contributed by atoms with Gasteiger partial charge in [0, 0.05) is 8.07 Å². The van der Waals surface area contributed by atoms with Crippen LogP contribution in [0.3, 0.4) is 0 Å². The number of carbonyl (C=O) groups is 2. The molecule has 0 saturated heterocycles. The molecule has 0 unspecified atom stereocenters. The fourth-order valence-electron chi connectivity index (χ4n) is 2.44. The van der Waals surface area contributed by atoms with Gasteiger partial charge >= 0.3 is 6.09 Å². The molecule has 0 spiro atoms. The lowest BCUT2D eigenvalue weighted by molar-refractivity contribution is -0.125. The molecule has 2 amide bonds. The van der Waals surface area contributed by atoms with Crippen LogP contribution in [-0.2, 0) is 30.9 Å². The highest BCUT2D eigenvalue weighted by Gasteiger charge is 2.32. The monoisotopic (exact) mass is 472 g/mol. The van der Waals surface area contributed by atoms with Crippen LogP contribution in [0.2, 0.25) is 25.7 Å². The first-order valence-electron chi connectivity index (χ1n) is 10.3. The predicted octanol–water partition coefficient (Wildman–Crippen LogP) is 3.27.